The molecule has 0 aliphatic carbocycles. The molecule has 1 saturated heterocycles. The number of imidazole rings is 1. The second kappa shape index (κ2) is 9.16. The molecule has 1 aliphatic rings. The van der Waals surface area contributed by atoms with Gasteiger partial charge in [-0.25, -0.2) is 19.3 Å². The first-order valence-corrected chi connectivity index (χ1v) is 10.9. The van der Waals surface area contributed by atoms with E-state index in [0.29, 0.717) is 29.2 Å². The standard InChI is InChI=1S/C24H23FN6O3/c25-18-2-1-9-28-22(18)30-24(33)15-5-3-14(4-6-15)19-20-21(26)27-10-11-31(20)23(29-19)16-7-8-17(12-32)34-13-16/h1-6,9-11,16-17,32H,7-8,12-13H2,(H2,26,27)(H,28,30,33). The molecule has 1 aromatic carbocycles. The lowest BCUT2D eigenvalue weighted by Crippen LogP contribution is -2.28. The van der Waals surface area contributed by atoms with Gasteiger partial charge < -0.3 is 20.9 Å². The van der Waals surface area contributed by atoms with Crippen LogP contribution in [0, 0.1) is 5.82 Å². The summed E-state index contributed by atoms with van der Waals surface area (Å²) in [6.45, 7) is 0.458. The van der Waals surface area contributed by atoms with Gasteiger partial charge in [-0.3, -0.25) is 9.20 Å². The first-order chi connectivity index (χ1) is 16.5. The third-order valence-corrected chi connectivity index (χ3v) is 5.96. The molecule has 2 atom stereocenters. The van der Waals surface area contributed by atoms with Gasteiger partial charge in [0.05, 0.1) is 19.3 Å². The number of aliphatic hydroxyl groups is 1. The topological polar surface area (TPSA) is 128 Å². The maximum atomic E-state index is 13.8. The lowest BCUT2D eigenvalue weighted by atomic mass is 9.98. The van der Waals surface area contributed by atoms with E-state index in [1.54, 1.807) is 30.5 Å². The van der Waals surface area contributed by atoms with E-state index in [1.807, 2.05) is 10.6 Å². The van der Waals surface area contributed by atoms with Gasteiger partial charge in [0.2, 0.25) is 0 Å². The number of carbonyl (C=O) groups excluding carboxylic acids is 1. The number of nitrogens with one attached hydrogen (secondary N) is 1. The zero-order chi connectivity index (χ0) is 23.7. The summed E-state index contributed by atoms with van der Waals surface area (Å²) in [7, 11) is 0. The van der Waals surface area contributed by atoms with E-state index in [9.17, 15) is 14.3 Å². The van der Waals surface area contributed by atoms with Crippen LogP contribution in [-0.2, 0) is 4.74 Å². The average Bonchev–Trinajstić information content (AvgIpc) is 3.26. The van der Waals surface area contributed by atoms with Crippen LogP contribution < -0.4 is 11.1 Å². The lowest BCUT2D eigenvalue weighted by molar-refractivity contribution is -0.0282. The van der Waals surface area contributed by atoms with E-state index in [4.69, 9.17) is 15.5 Å². The summed E-state index contributed by atoms with van der Waals surface area (Å²) in [6, 6.07) is 9.49. The van der Waals surface area contributed by atoms with E-state index >= 15 is 0 Å². The van der Waals surface area contributed by atoms with E-state index in [1.165, 1.54) is 18.3 Å². The summed E-state index contributed by atoms with van der Waals surface area (Å²) >= 11 is 0. The number of nitrogens with two attached hydrogens (primary N) is 1. The number of halogens is 1. The molecule has 1 aliphatic heterocycles. The first-order valence-electron chi connectivity index (χ1n) is 10.9. The van der Waals surface area contributed by atoms with Crippen LogP contribution in [0.1, 0.15) is 34.9 Å². The molecule has 4 heterocycles. The van der Waals surface area contributed by atoms with Crippen molar-refractivity contribution in [2.45, 2.75) is 24.9 Å². The summed E-state index contributed by atoms with van der Waals surface area (Å²) in [5, 5.41) is 11.8. The van der Waals surface area contributed by atoms with Gasteiger partial charge in [-0.15, -0.1) is 0 Å². The van der Waals surface area contributed by atoms with Gasteiger partial charge in [-0.1, -0.05) is 12.1 Å². The minimum Gasteiger partial charge on any atom is -0.394 e. The molecule has 0 spiro atoms. The number of aliphatic hydroxyl groups excluding tert-OH is 1. The Hall–Kier alpha value is -3.89. The van der Waals surface area contributed by atoms with Gasteiger partial charge in [-0.05, 0) is 37.1 Å². The third-order valence-electron chi connectivity index (χ3n) is 5.96. The van der Waals surface area contributed by atoms with Crippen molar-refractivity contribution in [3.05, 3.63) is 72.2 Å². The second-order valence-electron chi connectivity index (χ2n) is 8.13. The molecule has 0 saturated carbocycles. The summed E-state index contributed by atoms with van der Waals surface area (Å²) in [4.78, 5) is 25.5. The van der Waals surface area contributed by atoms with Gasteiger partial charge in [0.1, 0.15) is 22.9 Å². The fraction of sp³-hybridized carbons (Fsp3) is 0.250. The zero-order valence-electron chi connectivity index (χ0n) is 18.2. The first kappa shape index (κ1) is 21.9. The van der Waals surface area contributed by atoms with Gasteiger partial charge in [-0.2, -0.15) is 0 Å². The number of nitrogen functional groups attached to an aromatic ring is 1. The molecule has 9 nitrogen and oxygen atoms in total. The van der Waals surface area contributed by atoms with Crippen molar-refractivity contribution in [1.29, 1.82) is 0 Å². The maximum Gasteiger partial charge on any atom is 0.256 e. The number of carbonyl (C=O) groups is 1. The Balaban J connectivity index is 1.45. The number of hydrogen-bond acceptors (Lipinski definition) is 7. The summed E-state index contributed by atoms with van der Waals surface area (Å²) in [5.41, 5.74) is 8.64. The average molecular weight is 462 g/mol. The van der Waals surface area contributed by atoms with E-state index in [0.717, 1.165) is 24.2 Å². The molecule has 2 unspecified atom stereocenters. The third kappa shape index (κ3) is 4.09. The Morgan fingerprint density at radius 3 is 2.74 bits per heavy atom. The van der Waals surface area contributed by atoms with Crippen LogP contribution in [0.2, 0.25) is 0 Å². The fourth-order valence-corrected chi connectivity index (χ4v) is 4.17. The Labute approximate surface area is 194 Å². The predicted octanol–water partition coefficient (Wildman–Crippen LogP) is 3.02. The molecule has 0 bridgehead atoms. The minimum absolute atomic E-state index is 0.00404. The molecule has 10 heteroatoms. The van der Waals surface area contributed by atoms with Crippen molar-refractivity contribution >= 4 is 23.1 Å². The number of fused-ring (bicyclic) bond motifs is 1. The van der Waals surface area contributed by atoms with E-state index < -0.39 is 11.7 Å². The Morgan fingerprint density at radius 1 is 1.21 bits per heavy atom. The van der Waals surface area contributed by atoms with Crippen LogP contribution in [0.5, 0.6) is 0 Å². The van der Waals surface area contributed by atoms with Crippen LogP contribution >= 0.6 is 0 Å². The number of rotatable bonds is 5. The quantitative estimate of drug-likeness (QED) is 0.416. The zero-order valence-corrected chi connectivity index (χ0v) is 18.2. The SMILES string of the molecule is Nc1nccn2c(C3CCC(CO)OC3)nc(-c3ccc(C(=O)Nc4ncccc4F)cc3)c12. The van der Waals surface area contributed by atoms with Crippen LogP contribution in [0.3, 0.4) is 0 Å². The number of ether oxygens (including phenoxy) is 1. The van der Waals surface area contributed by atoms with Gasteiger partial charge in [0.15, 0.2) is 11.6 Å². The predicted molar refractivity (Wildman–Crippen MR) is 124 cm³/mol. The van der Waals surface area contributed by atoms with Crippen molar-refractivity contribution in [2.75, 3.05) is 24.3 Å². The van der Waals surface area contributed by atoms with E-state index in [2.05, 4.69) is 15.3 Å². The Kier molecular flexibility index (Phi) is 5.91. The molecular formula is C24H23FN6O3. The van der Waals surface area contributed by atoms with E-state index in [-0.39, 0.29) is 24.4 Å². The highest BCUT2D eigenvalue weighted by Crippen LogP contribution is 2.34. The number of hydrogen-bond donors (Lipinski definition) is 3. The molecule has 174 valence electrons. The molecule has 1 fully saturated rings. The van der Waals surface area contributed by atoms with Gasteiger partial charge >= 0.3 is 0 Å². The van der Waals surface area contributed by atoms with Crippen molar-refractivity contribution in [3.8, 4) is 11.3 Å². The van der Waals surface area contributed by atoms with Crippen molar-refractivity contribution in [1.82, 2.24) is 19.4 Å². The van der Waals surface area contributed by atoms with Crippen LogP contribution in [0.25, 0.3) is 16.8 Å². The molecule has 4 N–H and O–H groups in total. The highest BCUT2D eigenvalue weighted by Gasteiger charge is 2.28. The minimum atomic E-state index is -0.607. The molecule has 0 radical (unpaired) electrons. The smallest absolute Gasteiger partial charge is 0.256 e. The Morgan fingerprint density at radius 2 is 2.03 bits per heavy atom. The Bertz CT molecular complexity index is 1330. The maximum absolute atomic E-state index is 13.8. The molecule has 5 rings (SSSR count). The monoisotopic (exact) mass is 462 g/mol. The molecular weight excluding hydrogens is 439 g/mol. The molecule has 34 heavy (non-hydrogen) atoms. The normalized spacial score (nSPS) is 18.2. The van der Waals surface area contributed by atoms with Crippen molar-refractivity contribution < 1.29 is 19.0 Å². The summed E-state index contributed by atoms with van der Waals surface area (Å²) < 4.78 is 21.5. The van der Waals surface area contributed by atoms with Crippen molar-refractivity contribution in [3.63, 3.8) is 0 Å². The molecule has 3 aromatic heterocycles. The number of aromatic nitrogens is 4. The van der Waals surface area contributed by atoms with Crippen LogP contribution in [-0.4, -0.2) is 49.7 Å². The second-order valence-corrected chi connectivity index (χ2v) is 8.13. The van der Waals surface area contributed by atoms with Gasteiger partial charge in [0, 0.05) is 35.6 Å². The molecule has 1 amide bonds. The number of amides is 1. The highest BCUT2D eigenvalue weighted by molar-refractivity contribution is 6.04. The summed E-state index contributed by atoms with van der Waals surface area (Å²) in [5.74, 6) is -0.0120. The number of benzene rings is 1. The molecule has 4 aromatic rings. The lowest BCUT2D eigenvalue weighted by Gasteiger charge is -2.27. The summed E-state index contributed by atoms with van der Waals surface area (Å²) in [6.07, 6.45) is 6.28. The van der Waals surface area contributed by atoms with Crippen LogP contribution in [0.15, 0.2) is 55.0 Å². The number of nitrogens with zero attached hydrogens (tertiary/aromatic N) is 4. The number of pyridine rings is 1. The van der Waals surface area contributed by atoms with Crippen LogP contribution in [0.4, 0.5) is 16.0 Å². The van der Waals surface area contributed by atoms with Gasteiger partial charge in [0.25, 0.3) is 5.91 Å². The fourth-order valence-electron chi connectivity index (χ4n) is 4.17. The largest absolute Gasteiger partial charge is 0.394 e. The number of anilines is 2. The highest BCUT2D eigenvalue weighted by atomic mass is 19.1. The van der Waals surface area contributed by atoms with Crippen molar-refractivity contribution in [2.24, 2.45) is 0 Å².